The molecule has 0 aliphatic heterocycles. The molecule has 0 aliphatic carbocycles. The zero-order chi connectivity index (χ0) is 12.3. The molecule has 2 N–H and O–H groups in total. The quantitative estimate of drug-likeness (QED) is 0.846. The Bertz CT molecular complexity index is 454. The van der Waals surface area contributed by atoms with Gasteiger partial charge in [0.1, 0.15) is 10.6 Å². The molecule has 90 valence electrons. The molecular formula is C11H17NO3S. The van der Waals surface area contributed by atoms with Gasteiger partial charge in [0.2, 0.25) is 10.0 Å². The van der Waals surface area contributed by atoms with Crippen LogP contribution in [0.4, 0.5) is 0 Å². The summed E-state index contributed by atoms with van der Waals surface area (Å²) in [5, 5.41) is 9.48. The summed E-state index contributed by atoms with van der Waals surface area (Å²) in [6, 6.07) is 5.72. The molecule has 0 saturated carbocycles. The number of hydrogen-bond acceptors (Lipinski definition) is 3. The monoisotopic (exact) mass is 243 g/mol. The van der Waals surface area contributed by atoms with Gasteiger partial charge in [-0.3, -0.25) is 0 Å². The Morgan fingerprint density at radius 3 is 2.25 bits per heavy atom. The van der Waals surface area contributed by atoms with Crippen molar-refractivity contribution in [2.24, 2.45) is 5.92 Å². The number of phenols is 1. The smallest absolute Gasteiger partial charge is 0.244 e. The molecule has 1 aromatic rings. The van der Waals surface area contributed by atoms with Gasteiger partial charge < -0.3 is 5.11 Å². The van der Waals surface area contributed by atoms with Crippen molar-refractivity contribution in [2.75, 3.05) is 0 Å². The molecule has 4 nitrogen and oxygen atoms in total. The largest absolute Gasteiger partial charge is 0.507 e. The summed E-state index contributed by atoms with van der Waals surface area (Å²) in [5.41, 5.74) is 0. The summed E-state index contributed by atoms with van der Waals surface area (Å²) in [6.07, 6.45) is 0. The van der Waals surface area contributed by atoms with E-state index in [-0.39, 0.29) is 22.6 Å². The zero-order valence-corrected chi connectivity index (χ0v) is 10.5. The lowest BCUT2D eigenvalue weighted by atomic mass is 10.1. The minimum absolute atomic E-state index is 0.0810. The number of benzene rings is 1. The van der Waals surface area contributed by atoms with Crippen molar-refractivity contribution in [1.29, 1.82) is 0 Å². The Hall–Kier alpha value is -1.07. The average molecular weight is 243 g/mol. The van der Waals surface area contributed by atoms with Crippen molar-refractivity contribution < 1.29 is 13.5 Å². The van der Waals surface area contributed by atoms with Crippen molar-refractivity contribution in [3.63, 3.8) is 0 Å². The second kappa shape index (κ2) is 4.84. The van der Waals surface area contributed by atoms with Crippen LogP contribution < -0.4 is 4.72 Å². The first-order valence-corrected chi connectivity index (χ1v) is 6.63. The highest BCUT2D eigenvalue weighted by Crippen LogP contribution is 2.21. The summed E-state index contributed by atoms with van der Waals surface area (Å²) in [6.45, 7) is 5.65. The Balaban J connectivity index is 3.00. The molecule has 0 aliphatic rings. The van der Waals surface area contributed by atoms with E-state index >= 15 is 0 Å². The Morgan fingerprint density at radius 1 is 1.19 bits per heavy atom. The van der Waals surface area contributed by atoms with Crippen LogP contribution >= 0.6 is 0 Å². The molecule has 16 heavy (non-hydrogen) atoms. The van der Waals surface area contributed by atoms with E-state index < -0.39 is 10.0 Å². The Kier molecular flexibility index (Phi) is 3.93. The maximum absolute atomic E-state index is 11.9. The van der Waals surface area contributed by atoms with Crippen LogP contribution in [0.2, 0.25) is 0 Å². The molecule has 0 amide bonds. The number of aromatic hydroxyl groups is 1. The fourth-order valence-electron chi connectivity index (χ4n) is 1.13. The van der Waals surface area contributed by atoms with E-state index in [1.165, 1.54) is 12.1 Å². The maximum atomic E-state index is 11.9. The summed E-state index contributed by atoms with van der Waals surface area (Å²) in [4.78, 5) is -0.0810. The van der Waals surface area contributed by atoms with Crippen LogP contribution in [0.1, 0.15) is 20.8 Å². The first-order chi connectivity index (χ1) is 7.34. The zero-order valence-electron chi connectivity index (χ0n) is 9.64. The van der Waals surface area contributed by atoms with Crippen LogP contribution in [-0.4, -0.2) is 19.6 Å². The van der Waals surface area contributed by atoms with Gasteiger partial charge in [0.15, 0.2) is 0 Å². The standard InChI is InChI=1S/C11H17NO3S/c1-8(2)9(3)12-16(14,15)11-7-5-4-6-10(11)13/h4-9,12-13H,1-3H3. The van der Waals surface area contributed by atoms with Crippen molar-refractivity contribution in [2.45, 2.75) is 31.7 Å². The van der Waals surface area contributed by atoms with Crippen molar-refractivity contribution in [3.8, 4) is 5.75 Å². The van der Waals surface area contributed by atoms with E-state index in [0.29, 0.717) is 0 Å². The van der Waals surface area contributed by atoms with Crippen LogP contribution in [0.5, 0.6) is 5.75 Å². The normalized spacial score (nSPS) is 14.0. The van der Waals surface area contributed by atoms with Gasteiger partial charge in [0.05, 0.1) is 0 Å². The SMILES string of the molecule is CC(C)C(C)NS(=O)(=O)c1ccccc1O. The molecule has 5 heteroatoms. The van der Waals surface area contributed by atoms with Gasteiger partial charge in [-0.05, 0) is 25.0 Å². The highest BCUT2D eigenvalue weighted by Gasteiger charge is 2.21. The lowest BCUT2D eigenvalue weighted by molar-refractivity contribution is 0.451. The van der Waals surface area contributed by atoms with Crippen LogP contribution in [0.25, 0.3) is 0 Å². The number of para-hydroxylation sites is 1. The maximum Gasteiger partial charge on any atom is 0.244 e. The predicted molar refractivity (Wildman–Crippen MR) is 62.7 cm³/mol. The number of nitrogens with one attached hydrogen (secondary N) is 1. The van der Waals surface area contributed by atoms with Crippen LogP contribution in [0, 0.1) is 5.92 Å². The molecule has 1 atom stereocenters. The summed E-state index contributed by atoms with van der Waals surface area (Å²) in [7, 11) is -3.64. The number of hydrogen-bond donors (Lipinski definition) is 2. The van der Waals surface area contributed by atoms with Crippen molar-refractivity contribution >= 4 is 10.0 Å². The third-order valence-corrected chi connectivity index (χ3v) is 4.10. The van der Waals surface area contributed by atoms with Crippen LogP contribution in [0.3, 0.4) is 0 Å². The van der Waals surface area contributed by atoms with E-state index in [1.54, 1.807) is 19.1 Å². The molecule has 1 aromatic carbocycles. The second-order valence-electron chi connectivity index (χ2n) is 4.12. The van der Waals surface area contributed by atoms with Gasteiger partial charge in [0, 0.05) is 6.04 Å². The second-order valence-corrected chi connectivity index (χ2v) is 5.80. The molecule has 0 spiro atoms. The van der Waals surface area contributed by atoms with E-state index in [1.807, 2.05) is 13.8 Å². The van der Waals surface area contributed by atoms with E-state index in [9.17, 15) is 13.5 Å². The lowest BCUT2D eigenvalue weighted by Crippen LogP contribution is -2.36. The Labute approximate surface area is 96.4 Å². The predicted octanol–water partition coefficient (Wildman–Crippen LogP) is 1.71. The molecule has 0 fully saturated rings. The van der Waals surface area contributed by atoms with Crippen LogP contribution in [-0.2, 0) is 10.0 Å². The molecule has 0 heterocycles. The van der Waals surface area contributed by atoms with Gasteiger partial charge >= 0.3 is 0 Å². The fourth-order valence-corrected chi connectivity index (χ4v) is 2.62. The molecule has 1 rings (SSSR count). The third-order valence-electron chi connectivity index (χ3n) is 2.50. The first-order valence-electron chi connectivity index (χ1n) is 5.15. The summed E-state index contributed by atoms with van der Waals surface area (Å²) in [5.74, 6) is -0.0356. The molecule has 1 unspecified atom stereocenters. The van der Waals surface area contributed by atoms with Gasteiger partial charge in [-0.1, -0.05) is 26.0 Å². The van der Waals surface area contributed by atoms with Gasteiger partial charge in [-0.2, -0.15) is 0 Å². The topological polar surface area (TPSA) is 66.4 Å². The number of rotatable bonds is 4. The summed E-state index contributed by atoms with van der Waals surface area (Å²) < 4.78 is 26.3. The molecule has 0 aromatic heterocycles. The summed E-state index contributed by atoms with van der Waals surface area (Å²) >= 11 is 0. The van der Waals surface area contributed by atoms with Crippen molar-refractivity contribution in [1.82, 2.24) is 4.72 Å². The van der Waals surface area contributed by atoms with Gasteiger partial charge in [0.25, 0.3) is 0 Å². The fraction of sp³-hybridized carbons (Fsp3) is 0.455. The van der Waals surface area contributed by atoms with E-state index in [0.717, 1.165) is 0 Å². The third kappa shape index (κ3) is 2.96. The van der Waals surface area contributed by atoms with E-state index in [2.05, 4.69) is 4.72 Å². The van der Waals surface area contributed by atoms with E-state index in [4.69, 9.17) is 0 Å². The average Bonchev–Trinajstić information content (AvgIpc) is 2.17. The van der Waals surface area contributed by atoms with Gasteiger partial charge in [-0.15, -0.1) is 0 Å². The molecule has 0 saturated heterocycles. The van der Waals surface area contributed by atoms with Crippen molar-refractivity contribution in [3.05, 3.63) is 24.3 Å². The lowest BCUT2D eigenvalue weighted by Gasteiger charge is -2.17. The van der Waals surface area contributed by atoms with Crippen LogP contribution in [0.15, 0.2) is 29.2 Å². The highest BCUT2D eigenvalue weighted by atomic mass is 32.2. The minimum atomic E-state index is -3.64. The Morgan fingerprint density at radius 2 is 1.75 bits per heavy atom. The molecule has 0 radical (unpaired) electrons. The number of sulfonamides is 1. The molecular weight excluding hydrogens is 226 g/mol. The molecule has 0 bridgehead atoms. The highest BCUT2D eigenvalue weighted by molar-refractivity contribution is 7.89. The minimum Gasteiger partial charge on any atom is -0.507 e. The number of phenolic OH excluding ortho intramolecular Hbond substituents is 1. The first kappa shape index (κ1) is 13.0. The van der Waals surface area contributed by atoms with Gasteiger partial charge in [-0.25, -0.2) is 13.1 Å².